The summed E-state index contributed by atoms with van der Waals surface area (Å²) in [5.74, 6) is 1.99. The van der Waals surface area contributed by atoms with Crippen molar-refractivity contribution in [1.82, 2.24) is 15.1 Å². The molecule has 4 rings (SSSR count). The Kier molecular flexibility index (Phi) is 5.71. The van der Waals surface area contributed by atoms with E-state index in [-0.39, 0.29) is 11.9 Å². The number of nitrogens with zero attached hydrogens (tertiary/aromatic N) is 2. The van der Waals surface area contributed by atoms with Crippen LogP contribution in [0.4, 0.5) is 0 Å². The topological polar surface area (TPSA) is 61.9 Å². The average Bonchev–Trinajstić information content (AvgIpc) is 3.26. The molecule has 0 radical (unpaired) electrons. The standard InChI is InChI=1S/C24H31N3O3/c1-15-12-16(2)22-18(4)23(30-21(22)13-15)24(28)25-14-19(20-7-6-17(3)29-20)27-10-8-26(5)9-11-27/h6-7,12-13,19H,8-11,14H2,1-5H3,(H,25,28). The van der Waals surface area contributed by atoms with Gasteiger partial charge in [0.25, 0.3) is 5.91 Å². The zero-order chi connectivity index (χ0) is 21.4. The number of amides is 1. The van der Waals surface area contributed by atoms with E-state index in [4.69, 9.17) is 8.83 Å². The number of hydrogen-bond donors (Lipinski definition) is 1. The first-order chi connectivity index (χ1) is 14.3. The number of benzene rings is 1. The lowest BCUT2D eigenvalue weighted by molar-refractivity contribution is 0.0831. The van der Waals surface area contributed by atoms with Crippen molar-refractivity contribution < 1.29 is 13.6 Å². The van der Waals surface area contributed by atoms with Gasteiger partial charge in [-0.15, -0.1) is 0 Å². The number of piperazine rings is 1. The molecule has 6 heteroatoms. The Bertz CT molecular complexity index is 1060. The van der Waals surface area contributed by atoms with Gasteiger partial charge in [-0.3, -0.25) is 9.69 Å². The molecule has 1 amide bonds. The molecule has 1 unspecified atom stereocenters. The predicted molar refractivity (Wildman–Crippen MR) is 118 cm³/mol. The van der Waals surface area contributed by atoms with Crippen LogP contribution in [0.2, 0.25) is 0 Å². The van der Waals surface area contributed by atoms with Crippen LogP contribution in [0.1, 0.15) is 44.8 Å². The second-order valence-corrected chi connectivity index (χ2v) is 8.52. The number of furan rings is 2. The van der Waals surface area contributed by atoms with Gasteiger partial charge < -0.3 is 19.1 Å². The Labute approximate surface area is 177 Å². The minimum absolute atomic E-state index is 0.00464. The summed E-state index contributed by atoms with van der Waals surface area (Å²) in [5.41, 5.74) is 3.92. The Morgan fingerprint density at radius 2 is 1.80 bits per heavy atom. The molecule has 30 heavy (non-hydrogen) atoms. The van der Waals surface area contributed by atoms with Crippen molar-refractivity contribution in [2.75, 3.05) is 39.8 Å². The summed E-state index contributed by atoms with van der Waals surface area (Å²) in [7, 11) is 2.14. The van der Waals surface area contributed by atoms with Crippen LogP contribution in [0.5, 0.6) is 0 Å². The van der Waals surface area contributed by atoms with Gasteiger partial charge in [0.2, 0.25) is 0 Å². The van der Waals surface area contributed by atoms with Gasteiger partial charge in [-0.1, -0.05) is 6.07 Å². The molecule has 1 N–H and O–H groups in total. The Balaban J connectivity index is 1.55. The molecular weight excluding hydrogens is 378 g/mol. The van der Waals surface area contributed by atoms with Crippen LogP contribution in [-0.2, 0) is 0 Å². The van der Waals surface area contributed by atoms with Gasteiger partial charge in [0.15, 0.2) is 5.76 Å². The van der Waals surface area contributed by atoms with Crippen molar-refractivity contribution in [1.29, 1.82) is 0 Å². The molecule has 0 spiro atoms. The third-order valence-corrected chi connectivity index (χ3v) is 6.10. The van der Waals surface area contributed by atoms with E-state index < -0.39 is 0 Å². The van der Waals surface area contributed by atoms with E-state index in [0.717, 1.165) is 65.4 Å². The number of rotatable bonds is 5. The van der Waals surface area contributed by atoms with Crippen LogP contribution in [-0.4, -0.2) is 55.5 Å². The number of carbonyl (C=O) groups excluding carboxylic acids is 1. The SMILES string of the molecule is Cc1cc(C)c2c(C)c(C(=O)NCC(c3ccc(C)o3)N3CCN(C)CC3)oc2c1. The van der Waals surface area contributed by atoms with Crippen molar-refractivity contribution in [3.05, 3.63) is 58.2 Å². The van der Waals surface area contributed by atoms with Crippen LogP contribution in [0, 0.1) is 27.7 Å². The second-order valence-electron chi connectivity index (χ2n) is 8.52. The van der Waals surface area contributed by atoms with Crippen LogP contribution in [0.25, 0.3) is 11.0 Å². The number of fused-ring (bicyclic) bond motifs is 1. The third-order valence-electron chi connectivity index (χ3n) is 6.10. The summed E-state index contributed by atoms with van der Waals surface area (Å²) in [6.45, 7) is 12.4. The van der Waals surface area contributed by atoms with Crippen LogP contribution in [0.15, 0.2) is 33.1 Å². The molecule has 160 valence electrons. The van der Waals surface area contributed by atoms with Crippen LogP contribution < -0.4 is 5.32 Å². The third kappa shape index (κ3) is 4.02. The molecule has 1 saturated heterocycles. The summed E-state index contributed by atoms with van der Waals surface area (Å²) in [6, 6.07) is 8.11. The number of carbonyl (C=O) groups is 1. The molecule has 6 nitrogen and oxygen atoms in total. The quantitative estimate of drug-likeness (QED) is 0.691. The van der Waals surface area contributed by atoms with Crippen molar-refractivity contribution in [3.8, 4) is 0 Å². The number of likely N-dealkylation sites (N-methyl/N-ethyl adjacent to an activating group) is 1. The van der Waals surface area contributed by atoms with Gasteiger partial charge >= 0.3 is 0 Å². The Morgan fingerprint density at radius 3 is 2.47 bits per heavy atom. The average molecular weight is 410 g/mol. The molecule has 0 saturated carbocycles. The highest BCUT2D eigenvalue weighted by molar-refractivity contribution is 6.00. The molecule has 0 aliphatic carbocycles. The largest absolute Gasteiger partial charge is 0.465 e. The van der Waals surface area contributed by atoms with Gasteiger partial charge in [0.1, 0.15) is 17.1 Å². The summed E-state index contributed by atoms with van der Waals surface area (Å²) in [4.78, 5) is 17.8. The number of nitrogens with one attached hydrogen (secondary N) is 1. The van der Waals surface area contributed by atoms with Gasteiger partial charge in [-0.05, 0) is 64.1 Å². The van der Waals surface area contributed by atoms with Crippen molar-refractivity contribution in [2.24, 2.45) is 0 Å². The maximum atomic E-state index is 13.0. The molecule has 3 heterocycles. The van der Waals surface area contributed by atoms with Gasteiger partial charge in [-0.2, -0.15) is 0 Å². The highest BCUT2D eigenvalue weighted by Crippen LogP contribution is 2.30. The fourth-order valence-corrected chi connectivity index (χ4v) is 4.45. The zero-order valence-corrected chi connectivity index (χ0v) is 18.5. The van der Waals surface area contributed by atoms with Crippen molar-refractivity contribution in [2.45, 2.75) is 33.7 Å². The van der Waals surface area contributed by atoms with Gasteiger partial charge in [0, 0.05) is 43.7 Å². The monoisotopic (exact) mass is 409 g/mol. The fraction of sp³-hybridized carbons (Fsp3) is 0.458. The highest BCUT2D eigenvalue weighted by atomic mass is 16.3. The zero-order valence-electron chi connectivity index (χ0n) is 18.5. The molecule has 3 aromatic rings. The lowest BCUT2D eigenvalue weighted by Crippen LogP contribution is -2.48. The Hall–Kier alpha value is -2.57. The van der Waals surface area contributed by atoms with E-state index in [2.05, 4.69) is 35.2 Å². The van der Waals surface area contributed by atoms with Gasteiger partial charge in [-0.25, -0.2) is 0 Å². The molecule has 1 aliphatic rings. The van der Waals surface area contributed by atoms with Gasteiger partial charge in [0.05, 0.1) is 6.04 Å². The van der Waals surface area contributed by atoms with E-state index >= 15 is 0 Å². The van der Waals surface area contributed by atoms with Crippen LogP contribution in [0.3, 0.4) is 0 Å². The first kappa shape index (κ1) is 20.7. The maximum Gasteiger partial charge on any atom is 0.287 e. The minimum Gasteiger partial charge on any atom is -0.465 e. The fourth-order valence-electron chi connectivity index (χ4n) is 4.45. The van der Waals surface area contributed by atoms with E-state index in [0.29, 0.717) is 12.3 Å². The smallest absolute Gasteiger partial charge is 0.287 e. The summed E-state index contributed by atoms with van der Waals surface area (Å²) in [5, 5.41) is 4.13. The van der Waals surface area contributed by atoms with E-state index in [1.807, 2.05) is 39.0 Å². The first-order valence-electron chi connectivity index (χ1n) is 10.6. The molecule has 1 fully saturated rings. The predicted octanol–water partition coefficient (Wildman–Crippen LogP) is 3.98. The van der Waals surface area contributed by atoms with Crippen molar-refractivity contribution >= 4 is 16.9 Å². The summed E-state index contributed by atoms with van der Waals surface area (Å²) >= 11 is 0. The molecule has 1 aromatic carbocycles. The first-order valence-corrected chi connectivity index (χ1v) is 10.6. The Morgan fingerprint density at radius 1 is 1.07 bits per heavy atom. The molecule has 1 aliphatic heterocycles. The minimum atomic E-state index is -0.178. The van der Waals surface area contributed by atoms with E-state index in [1.165, 1.54) is 0 Å². The molecular formula is C24H31N3O3. The molecule has 0 bridgehead atoms. The van der Waals surface area contributed by atoms with E-state index in [9.17, 15) is 4.79 Å². The maximum absolute atomic E-state index is 13.0. The van der Waals surface area contributed by atoms with Crippen LogP contribution >= 0.6 is 0 Å². The summed E-state index contributed by atoms with van der Waals surface area (Å²) < 4.78 is 11.9. The molecule has 1 atom stereocenters. The number of hydrogen-bond acceptors (Lipinski definition) is 5. The second kappa shape index (κ2) is 8.28. The number of aryl methyl sites for hydroxylation is 4. The lowest BCUT2D eigenvalue weighted by Gasteiger charge is -2.37. The van der Waals surface area contributed by atoms with Crippen molar-refractivity contribution in [3.63, 3.8) is 0 Å². The highest BCUT2D eigenvalue weighted by Gasteiger charge is 2.28. The summed E-state index contributed by atoms with van der Waals surface area (Å²) in [6.07, 6.45) is 0. The molecule has 2 aromatic heterocycles. The van der Waals surface area contributed by atoms with E-state index in [1.54, 1.807) is 0 Å². The normalized spacial score (nSPS) is 16.8. The lowest BCUT2D eigenvalue weighted by atomic mass is 10.0.